The summed E-state index contributed by atoms with van der Waals surface area (Å²) in [4.78, 5) is 11.0. The van der Waals surface area contributed by atoms with Crippen LogP contribution < -0.4 is 0 Å². The van der Waals surface area contributed by atoms with Gasteiger partial charge in [0.1, 0.15) is 6.04 Å². The van der Waals surface area contributed by atoms with E-state index in [0.717, 1.165) is 6.42 Å². The van der Waals surface area contributed by atoms with Gasteiger partial charge in [0, 0.05) is 12.4 Å². The Labute approximate surface area is 78.0 Å². The van der Waals surface area contributed by atoms with Gasteiger partial charge in [0.05, 0.1) is 0 Å². The van der Waals surface area contributed by atoms with E-state index in [0.29, 0.717) is 0 Å². The molecular weight excluding hydrogens is 166 g/mol. The van der Waals surface area contributed by atoms with Crippen LogP contribution in [0.1, 0.15) is 26.3 Å². The molecule has 1 heterocycles. The van der Waals surface area contributed by atoms with E-state index in [1.807, 2.05) is 26.0 Å². The van der Waals surface area contributed by atoms with E-state index in [1.54, 1.807) is 17.0 Å². The van der Waals surface area contributed by atoms with Gasteiger partial charge in [0.25, 0.3) is 0 Å². The summed E-state index contributed by atoms with van der Waals surface area (Å²) in [7, 11) is 0. The molecule has 0 aliphatic rings. The number of aromatic nitrogens is 1. The number of nitrogens with zero attached hydrogens (tertiary/aromatic N) is 1. The van der Waals surface area contributed by atoms with Crippen molar-refractivity contribution in [2.24, 2.45) is 5.92 Å². The van der Waals surface area contributed by atoms with Crippen LogP contribution in [0.4, 0.5) is 0 Å². The summed E-state index contributed by atoms with van der Waals surface area (Å²) >= 11 is 0. The van der Waals surface area contributed by atoms with E-state index in [4.69, 9.17) is 5.11 Å². The van der Waals surface area contributed by atoms with Crippen LogP contribution in [0.5, 0.6) is 0 Å². The number of rotatable bonds is 4. The minimum Gasteiger partial charge on any atom is -0.480 e. The molecule has 0 fully saturated rings. The Hall–Kier alpha value is -1.25. The minimum atomic E-state index is -0.759. The molecule has 1 N–H and O–H groups in total. The molecule has 0 aliphatic carbocycles. The number of carboxylic acid groups (broad SMARTS) is 1. The fourth-order valence-corrected chi connectivity index (χ4v) is 1.42. The van der Waals surface area contributed by atoms with Crippen molar-refractivity contribution in [2.75, 3.05) is 0 Å². The van der Waals surface area contributed by atoms with Gasteiger partial charge in [0.15, 0.2) is 0 Å². The highest BCUT2D eigenvalue weighted by molar-refractivity contribution is 5.72. The zero-order chi connectivity index (χ0) is 9.84. The maximum absolute atomic E-state index is 11.0. The fourth-order valence-electron chi connectivity index (χ4n) is 1.42. The molecule has 3 nitrogen and oxygen atoms in total. The number of hydrogen-bond acceptors (Lipinski definition) is 1. The van der Waals surface area contributed by atoms with Crippen molar-refractivity contribution in [1.82, 2.24) is 4.57 Å². The number of carbonyl (C=O) groups is 1. The van der Waals surface area contributed by atoms with E-state index in [2.05, 4.69) is 0 Å². The first kappa shape index (κ1) is 9.84. The zero-order valence-electron chi connectivity index (χ0n) is 7.97. The van der Waals surface area contributed by atoms with Gasteiger partial charge < -0.3 is 9.67 Å². The Kier molecular flexibility index (Phi) is 3.12. The molecule has 0 spiro atoms. The van der Waals surface area contributed by atoms with Crippen molar-refractivity contribution in [1.29, 1.82) is 0 Å². The third-order valence-corrected chi connectivity index (χ3v) is 2.38. The SMILES string of the molecule is CC[C@H](C)[C@H](C(=O)O)n1cccc1. The van der Waals surface area contributed by atoms with Gasteiger partial charge in [0.2, 0.25) is 0 Å². The van der Waals surface area contributed by atoms with Gasteiger partial charge in [-0.05, 0) is 18.1 Å². The quantitative estimate of drug-likeness (QED) is 0.773. The summed E-state index contributed by atoms with van der Waals surface area (Å²) in [5.74, 6) is -0.601. The normalized spacial score (nSPS) is 15.2. The topological polar surface area (TPSA) is 42.2 Å². The van der Waals surface area contributed by atoms with Crippen LogP contribution >= 0.6 is 0 Å². The molecule has 2 atom stereocenters. The second kappa shape index (κ2) is 4.12. The lowest BCUT2D eigenvalue weighted by atomic mass is 9.99. The maximum atomic E-state index is 11.0. The monoisotopic (exact) mass is 181 g/mol. The molecule has 0 saturated carbocycles. The largest absolute Gasteiger partial charge is 0.480 e. The highest BCUT2D eigenvalue weighted by Gasteiger charge is 2.23. The van der Waals surface area contributed by atoms with Gasteiger partial charge in [-0.2, -0.15) is 0 Å². The Morgan fingerprint density at radius 2 is 2.00 bits per heavy atom. The molecule has 0 bridgehead atoms. The Morgan fingerprint density at radius 3 is 2.38 bits per heavy atom. The predicted octanol–water partition coefficient (Wildman–Crippen LogP) is 2.16. The van der Waals surface area contributed by atoms with Gasteiger partial charge in [-0.3, -0.25) is 0 Å². The molecule has 0 amide bonds. The third-order valence-electron chi connectivity index (χ3n) is 2.38. The van der Waals surface area contributed by atoms with Gasteiger partial charge in [-0.25, -0.2) is 4.79 Å². The molecule has 3 heteroatoms. The molecule has 13 heavy (non-hydrogen) atoms. The van der Waals surface area contributed by atoms with Crippen molar-refractivity contribution in [3.05, 3.63) is 24.5 Å². The van der Waals surface area contributed by atoms with E-state index in [-0.39, 0.29) is 5.92 Å². The fraction of sp³-hybridized carbons (Fsp3) is 0.500. The number of hydrogen-bond donors (Lipinski definition) is 1. The summed E-state index contributed by atoms with van der Waals surface area (Å²) in [6.07, 6.45) is 4.46. The van der Waals surface area contributed by atoms with Crippen LogP contribution in [0, 0.1) is 5.92 Å². The van der Waals surface area contributed by atoms with Crippen molar-refractivity contribution < 1.29 is 9.90 Å². The highest BCUT2D eigenvalue weighted by atomic mass is 16.4. The first-order valence-electron chi connectivity index (χ1n) is 4.52. The van der Waals surface area contributed by atoms with E-state index < -0.39 is 12.0 Å². The van der Waals surface area contributed by atoms with Crippen LogP contribution in [0.25, 0.3) is 0 Å². The van der Waals surface area contributed by atoms with Crippen LogP contribution in [0.15, 0.2) is 24.5 Å². The lowest BCUT2D eigenvalue weighted by molar-refractivity contribution is -0.142. The summed E-state index contributed by atoms with van der Waals surface area (Å²) in [5.41, 5.74) is 0. The minimum absolute atomic E-state index is 0.157. The lowest BCUT2D eigenvalue weighted by Gasteiger charge is -2.20. The Balaban J connectivity index is 2.87. The van der Waals surface area contributed by atoms with Crippen LogP contribution in [0.3, 0.4) is 0 Å². The second-order valence-electron chi connectivity index (χ2n) is 3.30. The lowest BCUT2D eigenvalue weighted by Crippen LogP contribution is -2.24. The smallest absolute Gasteiger partial charge is 0.326 e. The second-order valence-corrected chi connectivity index (χ2v) is 3.30. The van der Waals surface area contributed by atoms with E-state index in [1.165, 1.54) is 0 Å². The Morgan fingerprint density at radius 1 is 1.46 bits per heavy atom. The summed E-state index contributed by atoms with van der Waals surface area (Å²) in [6.45, 7) is 3.96. The zero-order valence-corrected chi connectivity index (χ0v) is 7.97. The molecule has 1 rings (SSSR count). The van der Waals surface area contributed by atoms with Crippen LogP contribution in [-0.4, -0.2) is 15.6 Å². The molecule has 1 aromatic heterocycles. The van der Waals surface area contributed by atoms with Gasteiger partial charge in [-0.15, -0.1) is 0 Å². The van der Waals surface area contributed by atoms with Crippen LogP contribution in [-0.2, 0) is 4.79 Å². The molecule has 0 saturated heterocycles. The summed E-state index contributed by atoms with van der Waals surface area (Å²) < 4.78 is 1.75. The molecule has 1 aromatic rings. The average Bonchev–Trinajstić information content (AvgIpc) is 2.56. The molecular formula is C10H15NO2. The van der Waals surface area contributed by atoms with Crippen LogP contribution in [0.2, 0.25) is 0 Å². The molecule has 0 radical (unpaired) electrons. The molecule has 0 aliphatic heterocycles. The molecule has 0 aromatic carbocycles. The van der Waals surface area contributed by atoms with Crippen molar-refractivity contribution in [3.63, 3.8) is 0 Å². The first-order chi connectivity index (χ1) is 6.16. The van der Waals surface area contributed by atoms with E-state index in [9.17, 15) is 4.79 Å². The van der Waals surface area contributed by atoms with Crippen molar-refractivity contribution in [3.8, 4) is 0 Å². The van der Waals surface area contributed by atoms with Gasteiger partial charge >= 0.3 is 5.97 Å². The average molecular weight is 181 g/mol. The van der Waals surface area contributed by atoms with E-state index >= 15 is 0 Å². The van der Waals surface area contributed by atoms with Gasteiger partial charge in [-0.1, -0.05) is 20.3 Å². The Bertz CT molecular complexity index is 266. The first-order valence-corrected chi connectivity index (χ1v) is 4.52. The van der Waals surface area contributed by atoms with Crippen molar-refractivity contribution >= 4 is 5.97 Å². The molecule has 72 valence electrons. The highest BCUT2D eigenvalue weighted by Crippen LogP contribution is 2.21. The number of carboxylic acids is 1. The molecule has 0 unspecified atom stereocenters. The van der Waals surface area contributed by atoms with Crippen molar-refractivity contribution in [2.45, 2.75) is 26.3 Å². The third kappa shape index (κ3) is 2.11. The summed E-state index contributed by atoms with van der Waals surface area (Å²) in [6, 6.07) is 3.26. The summed E-state index contributed by atoms with van der Waals surface area (Å²) in [5, 5.41) is 9.03. The number of aliphatic carboxylic acids is 1. The standard InChI is InChI=1S/C10H15NO2/c1-3-8(2)9(10(12)13)11-6-4-5-7-11/h4-9H,3H2,1-2H3,(H,12,13)/t8-,9+/m0/s1. The maximum Gasteiger partial charge on any atom is 0.326 e. The predicted molar refractivity (Wildman–Crippen MR) is 50.6 cm³/mol.